The quantitative estimate of drug-likeness (QED) is 0.615. The minimum Gasteiger partial charge on any atom is -0.393 e. The smallest absolute Gasteiger partial charge is 0.0547 e. The Labute approximate surface area is 68.6 Å². The molecule has 1 N–H and O–H groups in total. The molecule has 1 aliphatic carbocycles. The van der Waals surface area contributed by atoms with E-state index in [-0.39, 0.29) is 6.10 Å². The van der Waals surface area contributed by atoms with Gasteiger partial charge in [-0.3, -0.25) is 0 Å². The van der Waals surface area contributed by atoms with Crippen LogP contribution in [-0.4, -0.2) is 24.4 Å². The van der Waals surface area contributed by atoms with Crippen molar-refractivity contribution in [2.24, 2.45) is 5.92 Å². The van der Waals surface area contributed by atoms with Crippen LogP contribution in [0.15, 0.2) is 0 Å². The monoisotopic (exact) mass is 158 g/mol. The van der Waals surface area contributed by atoms with Gasteiger partial charge in [0.15, 0.2) is 0 Å². The number of ether oxygens (including phenoxy) is 1. The highest BCUT2D eigenvalue weighted by Crippen LogP contribution is 2.26. The summed E-state index contributed by atoms with van der Waals surface area (Å²) in [5, 5.41) is 8.97. The first kappa shape index (κ1) is 9.01. The predicted octanol–water partition coefficient (Wildman–Crippen LogP) is 1.57. The Bertz CT molecular complexity index is 97.7. The molecule has 0 heterocycles. The van der Waals surface area contributed by atoms with Crippen molar-refractivity contribution in [3.8, 4) is 0 Å². The van der Waals surface area contributed by atoms with Crippen LogP contribution in [0.25, 0.3) is 0 Å². The lowest BCUT2D eigenvalue weighted by molar-refractivity contribution is -0.0104. The van der Waals surface area contributed by atoms with Crippen LogP contribution < -0.4 is 0 Å². The second-order valence-electron chi connectivity index (χ2n) is 3.42. The van der Waals surface area contributed by atoms with Crippen molar-refractivity contribution in [1.29, 1.82) is 0 Å². The number of unbranched alkanes of at least 4 members (excludes halogenated alkanes) is 1. The topological polar surface area (TPSA) is 29.5 Å². The van der Waals surface area contributed by atoms with Crippen LogP contribution in [0.3, 0.4) is 0 Å². The summed E-state index contributed by atoms with van der Waals surface area (Å²) in [6.07, 6.45) is 4.23. The van der Waals surface area contributed by atoms with Gasteiger partial charge in [0.05, 0.1) is 6.10 Å². The summed E-state index contributed by atoms with van der Waals surface area (Å²) in [5.74, 6) is 0.641. The number of aliphatic hydroxyl groups excluding tert-OH is 1. The Kier molecular flexibility index (Phi) is 3.87. The number of hydrogen-bond donors (Lipinski definition) is 1. The Morgan fingerprint density at radius 2 is 2.18 bits per heavy atom. The van der Waals surface area contributed by atoms with Gasteiger partial charge in [-0.15, -0.1) is 0 Å². The highest BCUT2D eigenvalue weighted by Gasteiger charge is 2.26. The molecule has 0 aromatic rings. The molecule has 1 aliphatic rings. The molecule has 2 nitrogen and oxygen atoms in total. The van der Waals surface area contributed by atoms with E-state index < -0.39 is 0 Å². The van der Waals surface area contributed by atoms with Crippen LogP contribution >= 0.6 is 0 Å². The third-order valence-corrected chi connectivity index (χ3v) is 2.21. The molecule has 1 fully saturated rings. The van der Waals surface area contributed by atoms with E-state index in [0.29, 0.717) is 5.92 Å². The van der Waals surface area contributed by atoms with E-state index in [1.807, 2.05) is 0 Å². The molecule has 1 saturated carbocycles. The SMILES string of the molecule is CCCCOC[C@H]1C[C@@H](O)C1. The molecule has 0 aliphatic heterocycles. The maximum absolute atomic E-state index is 8.97. The van der Waals surface area contributed by atoms with Crippen molar-refractivity contribution < 1.29 is 9.84 Å². The Hall–Kier alpha value is -0.0800. The lowest BCUT2D eigenvalue weighted by atomic mass is 9.83. The molecule has 66 valence electrons. The van der Waals surface area contributed by atoms with E-state index >= 15 is 0 Å². The normalized spacial score (nSPS) is 30.0. The third-order valence-electron chi connectivity index (χ3n) is 2.21. The van der Waals surface area contributed by atoms with Gasteiger partial charge in [-0.25, -0.2) is 0 Å². The summed E-state index contributed by atoms with van der Waals surface area (Å²) in [6, 6.07) is 0. The van der Waals surface area contributed by atoms with Gasteiger partial charge in [-0.05, 0) is 25.2 Å². The molecular weight excluding hydrogens is 140 g/mol. The summed E-state index contributed by atoms with van der Waals surface area (Å²) in [4.78, 5) is 0. The van der Waals surface area contributed by atoms with Crippen LogP contribution in [0.5, 0.6) is 0 Å². The maximum Gasteiger partial charge on any atom is 0.0547 e. The lowest BCUT2D eigenvalue weighted by Gasteiger charge is -2.30. The van der Waals surface area contributed by atoms with Crippen LogP contribution in [0.2, 0.25) is 0 Å². The average molecular weight is 158 g/mol. The Morgan fingerprint density at radius 1 is 1.45 bits per heavy atom. The van der Waals surface area contributed by atoms with Gasteiger partial charge in [0.1, 0.15) is 0 Å². The molecule has 0 aromatic heterocycles. The van der Waals surface area contributed by atoms with Gasteiger partial charge in [-0.1, -0.05) is 13.3 Å². The number of hydrogen-bond acceptors (Lipinski definition) is 2. The van der Waals surface area contributed by atoms with Crippen LogP contribution in [-0.2, 0) is 4.74 Å². The van der Waals surface area contributed by atoms with Gasteiger partial charge >= 0.3 is 0 Å². The fraction of sp³-hybridized carbons (Fsp3) is 1.00. The Balaban J connectivity index is 1.81. The molecule has 0 saturated heterocycles. The van der Waals surface area contributed by atoms with Crippen molar-refractivity contribution in [2.45, 2.75) is 38.7 Å². The van der Waals surface area contributed by atoms with Gasteiger partial charge in [0.2, 0.25) is 0 Å². The van der Waals surface area contributed by atoms with Crippen LogP contribution in [0, 0.1) is 5.92 Å². The van der Waals surface area contributed by atoms with E-state index in [9.17, 15) is 0 Å². The highest BCUT2D eigenvalue weighted by atomic mass is 16.5. The standard InChI is InChI=1S/C9H18O2/c1-2-3-4-11-7-8-5-9(10)6-8/h8-10H,2-7H2,1H3/t8-,9+. The fourth-order valence-electron chi connectivity index (χ4n) is 1.33. The molecule has 1 rings (SSSR count). The van der Waals surface area contributed by atoms with Crippen molar-refractivity contribution in [2.75, 3.05) is 13.2 Å². The summed E-state index contributed by atoms with van der Waals surface area (Å²) in [6.45, 7) is 3.91. The first-order valence-corrected chi connectivity index (χ1v) is 4.58. The largest absolute Gasteiger partial charge is 0.393 e. The molecule has 0 amide bonds. The molecule has 0 aromatic carbocycles. The number of aliphatic hydroxyl groups is 1. The van der Waals surface area contributed by atoms with Crippen molar-refractivity contribution in [3.05, 3.63) is 0 Å². The van der Waals surface area contributed by atoms with Gasteiger partial charge in [-0.2, -0.15) is 0 Å². The Morgan fingerprint density at radius 3 is 2.73 bits per heavy atom. The molecule has 0 spiro atoms. The zero-order valence-electron chi connectivity index (χ0n) is 7.25. The summed E-state index contributed by atoms with van der Waals surface area (Å²) in [7, 11) is 0. The summed E-state index contributed by atoms with van der Waals surface area (Å²) in [5.41, 5.74) is 0. The zero-order valence-corrected chi connectivity index (χ0v) is 7.25. The average Bonchev–Trinajstić information content (AvgIpc) is 1.94. The van der Waals surface area contributed by atoms with Gasteiger partial charge in [0.25, 0.3) is 0 Å². The van der Waals surface area contributed by atoms with E-state index in [2.05, 4.69) is 6.92 Å². The van der Waals surface area contributed by atoms with Crippen LogP contribution in [0.4, 0.5) is 0 Å². The van der Waals surface area contributed by atoms with Crippen molar-refractivity contribution in [3.63, 3.8) is 0 Å². The van der Waals surface area contributed by atoms with E-state index in [1.54, 1.807) is 0 Å². The minimum atomic E-state index is -0.0326. The van der Waals surface area contributed by atoms with Crippen LogP contribution in [0.1, 0.15) is 32.6 Å². The second-order valence-corrected chi connectivity index (χ2v) is 3.42. The molecule has 0 radical (unpaired) electrons. The summed E-state index contributed by atoms with van der Waals surface area (Å²) < 4.78 is 5.42. The predicted molar refractivity (Wildman–Crippen MR) is 44.5 cm³/mol. The molecule has 2 heteroatoms. The molecule has 11 heavy (non-hydrogen) atoms. The molecule has 0 atom stereocenters. The van der Waals surface area contributed by atoms with E-state index in [4.69, 9.17) is 9.84 Å². The van der Waals surface area contributed by atoms with E-state index in [0.717, 1.165) is 32.5 Å². The molecular formula is C9H18O2. The van der Waals surface area contributed by atoms with E-state index in [1.165, 1.54) is 6.42 Å². The van der Waals surface area contributed by atoms with Crippen molar-refractivity contribution in [1.82, 2.24) is 0 Å². The summed E-state index contributed by atoms with van der Waals surface area (Å²) >= 11 is 0. The zero-order chi connectivity index (χ0) is 8.10. The second kappa shape index (κ2) is 4.73. The minimum absolute atomic E-state index is 0.0326. The lowest BCUT2D eigenvalue weighted by Crippen LogP contribution is -2.31. The van der Waals surface area contributed by atoms with Crippen molar-refractivity contribution >= 4 is 0 Å². The van der Waals surface area contributed by atoms with Gasteiger partial charge in [0, 0.05) is 13.2 Å². The first-order valence-electron chi connectivity index (χ1n) is 4.58. The first-order chi connectivity index (χ1) is 5.33. The highest BCUT2D eigenvalue weighted by molar-refractivity contribution is 4.77. The number of rotatable bonds is 5. The molecule has 0 unspecified atom stereocenters. The molecule has 0 bridgehead atoms. The maximum atomic E-state index is 8.97. The fourth-order valence-corrected chi connectivity index (χ4v) is 1.33. The third kappa shape index (κ3) is 3.21. The van der Waals surface area contributed by atoms with Gasteiger partial charge < -0.3 is 9.84 Å².